The molecular weight excluding hydrogens is 379 g/mol. The van der Waals surface area contributed by atoms with E-state index in [-0.39, 0.29) is 11.1 Å². The van der Waals surface area contributed by atoms with Crippen molar-refractivity contribution in [2.24, 2.45) is 0 Å². The highest BCUT2D eigenvalue weighted by molar-refractivity contribution is 6.98. The largest absolute Gasteiger partial charge is 0.343 e. The molecule has 27 heavy (non-hydrogen) atoms. The summed E-state index contributed by atoms with van der Waals surface area (Å²) in [7, 11) is -3.90. The van der Waals surface area contributed by atoms with Crippen LogP contribution in [0, 0.1) is 0 Å². The molecular formula is C21H42N3Si3. The smallest absolute Gasteiger partial charge is 0.317 e. The SMILES string of the molecule is CC(C)(C)N1C(c2ccccc2)N(C(C)(C)C)[Si]1N([Si](C)(C)C)[Si](C)(C)C. The Morgan fingerprint density at radius 3 is 1.41 bits per heavy atom. The Kier molecular flexibility index (Phi) is 6.16. The van der Waals surface area contributed by atoms with Gasteiger partial charge in [0.25, 0.3) is 0 Å². The predicted octanol–water partition coefficient (Wildman–Crippen LogP) is 5.86. The summed E-state index contributed by atoms with van der Waals surface area (Å²) in [5.41, 5.74) is 1.73. The topological polar surface area (TPSA) is 9.72 Å². The monoisotopic (exact) mass is 420 g/mol. The van der Waals surface area contributed by atoms with E-state index in [9.17, 15) is 0 Å². The second-order valence-corrected chi connectivity index (χ2v) is 24.8. The van der Waals surface area contributed by atoms with Crippen molar-refractivity contribution in [1.82, 2.24) is 13.0 Å². The van der Waals surface area contributed by atoms with E-state index in [1.165, 1.54) is 5.56 Å². The molecule has 1 radical (unpaired) electrons. The van der Waals surface area contributed by atoms with E-state index >= 15 is 0 Å². The summed E-state index contributed by atoms with van der Waals surface area (Å²) in [5, 5.41) is 0. The molecule has 0 saturated carbocycles. The molecule has 0 aliphatic carbocycles. The van der Waals surface area contributed by atoms with Crippen LogP contribution in [0.25, 0.3) is 0 Å². The summed E-state index contributed by atoms with van der Waals surface area (Å²) in [6.07, 6.45) is 0.371. The molecule has 1 aromatic rings. The molecule has 0 bridgehead atoms. The Morgan fingerprint density at radius 2 is 1.11 bits per heavy atom. The van der Waals surface area contributed by atoms with Crippen molar-refractivity contribution in [2.45, 2.75) is 98.1 Å². The maximum Gasteiger partial charge on any atom is 0.317 e. The van der Waals surface area contributed by atoms with Gasteiger partial charge in [0.05, 0.1) is 6.17 Å². The lowest BCUT2D eigenvalue weighted by Crippen LogP contribution is -2.87. The van der Waals surface area contributed by atoms with Crippen molar-refractivity contribution in [2.75, 3.05) is 0 Å². The van der Waals surface area contributed by atoms with Crippen LogP contribution in [0.15, 0.2) is 30.3 Å². The third kappa shape index (κ3) is 4.67. The maximum atomic E-state index is 3.07. The Balaban J connectivity index is 2.66. The molecule has 0 spiro atoms. The second-order valence-electron chi connectivity index (χ2n) is 11.8. The average Bonchev–Trinajstić information content (AvgIpc) is 2.37. The van der Waals surface area contributed by atoms with Crippen molar-refractivity contribution in [1.29, 1.82) is 0 Å². The molecule has 0 atom stereocenters. The van der Waals surface area contributed by atoms with Crippen LogP contribution in [0.1, 0.15) is 53.3 Å². The van der Waals surface area contributed by atoms with E-state index in [1.54, 1.807) is 0 Å². The van der Waals surface area contributed by atoms with Gasteiger partial charge in [-0.1, -0.05) is 69.6 Å². The van der Waals surface area contributed by atoms with Crippen LogP contribution < -0.4 is 0 Å². The molecule has 0 amide bonds. The zero-order chi connectivity index (χ0) is 21.0. The molecule has 3 nitrogen and oxygen atoms in total. The molecule has 0 N–H and O–H groups in total. The number of hydrogen-bond donors (Lipinski definition) is 0. The third-order valence-electron chi connectivity index (χ3n) is 5.00. The first kappa shape index (κ1) is 23.0. The first-order chi connectivity index (χ1) is 12.0. The van der Waals surface area contributed by atoms with Gasteiger partial charge in [0, 0.05) is 11.1 Å². The fourth-order valence-electron chi connectivity index (χ4n) is 4.47. The molecule has 153 valence electrons. The third-order valence-corrected chi connectivity index (χ3v) is 20.0. The Labute approximate surface area is 172 Å². The number of rotatable bonds is 4. The quantitative estimate of drug-likeness (QED) is 0.565. The van der Waals surface area contributed by atoms with Gasteiger partial charge in [-0.2, -0.15) is 0 Å². The number of hydrogen-bond acceptors (Lipinski definition) is 3. The van der Waals surface area contributed by atoms with Gasteiger partial charge in [-0.25, -0.2) is 0 Å². The van der Waals surface area contributed by atoms with Crippen molar-refractivity contribution >= 4 is 25.8 Å². The van der Waals surface area contributed by atoms with Crippen molar-refractivity contribution in [3.05, 3.63) is 35.9 Å². The van der Waals surface area contributed by atoms with Crippen LogP contribution >= 0.6 is 0 Å². The first-order valence-electron chi connectivity index (χ1n) is 10.3. The lowest BCUT2D eigenvalue weighted by Gasteiger charge is -2.70. The minimum atomic E-state index is -1.47. The highest BCUT2D eigenvalue weighted by Crippen LogP contribution is 2.49. The van der Waals surface area contributed by atoms with E-state index < -0.39 is 25.8 Å². The highest BCUT2D eigenvalue weighted by atomic mass is 28.5. The van der Waals surface area contributed by atoms with E-state index in [4.69, 9.17) is 0 Å². The van der Waals surface area contributed by atoms with Gasteiger partial charge in [-0.15, -0.1) is 0 Å². The van der Waals surface area contributed by atoms with Gasteiger partial charge >= 0.3 is 9.28 Å². The zero-order valence-electron chi connectivity index (χ0n) is 19.8. The molecule has 1 aliphatic heterocycles. The van der Waals surface area contributed by atoms with E-state index in [0.717, 1.165) is 0 Å². The van der Waals surface area contributed by atoms with Gasteiger partial charge in [0.15, 0.2) is 0 Å². The molecule has 1 aromatic carbocycles. The lowest BCUT2D eigenvalue weighted by atomic mass is 10.0. The van der Waals surface area contributed by atoms with Crippen LogP contribution in [0.4, 0.5) is 0 Å². The molecule has 0 aromatic heterocycles. The summed E-state index contributed by atoms with van der Waals surface area (Å²) in [6.45, 7) is 29.7. The molecule has 1 fully saturated rings. The minimum absolute atomic E-state index is 0.147. The van der Waals surface area contributed by atoms with Crippen LogP contribution in [-0.2, 0) is 0 Å². The van der Waals surface area contributed by atoms with E-state index in [2.05, 4.69) is 124 Å². The molecule has 6 heteroatoms. The van der Waals surface area contributed by atoms with Gasteiger partial charge < -0.3 is 3.90 Å². The molecule has 2 rings (SSSR count). The average molecular weight is 421 g/mol. The molecule has 0 unspecified atom stereocenters. The second kappa shape index (κ2) is 7.22. The van der Waals surface area contributed by atoms with Gasteiger partial charge in [0.2, 0.25) is 0 Å². The van der Waals surface area contributed by atoms with Gasteiger partial charge in [0.1, 0.15) is 16.5 Å². The summed E-state index contributed by atoms with van der Waals surface area (Å²) < 4.78 is 8.81. The first-order valence-corrected chi connectivity index (χ1v) is 18.5. The van der Waals surface area contributed by atoms with Crippen molar-refractivity contribution < 1.29 is 0 Å². The summed E-state index contributed by atoms with van der Waals surface area (Å²) >= 11 is 0. The Bertz CT molecular complexity index is 600. The Hall–Kier alpha value is -0.249. The van der Waals surface area contributed by atoms with Crippen LogP contribution in [0.2, 0.25) is 39.3 Å². The number of nitrogens with zero attached hydrogens (tertiary/aromatic N) is 3. The van der Waals surface area contributed by atoms with E-state index in [1.807, 2.05) is 0 Å². The Morgan fingerprint density at radius 1 is 0.741 bits per heavy atom. The van der Waals surface area contributed by atoms with E-state index in [0.29, 0.717) is 6.17 Å². The summed E-state index contributed by atoms with van der Waals surface area (Å²) in [5.74, 6) is 0. The standard InChI is InChI=1S/C21H42N3Si3/c1-20(2,3)22-19(18-16-14-13-15-17-18)23(21(4,5)6)25(22)24(26(7,8)9)27(10,11)12/h13-17,19H,1-12H3. The maximum absolute atomic E-state index is 3.07. The minimum Gasteiger partial charge on any atom is -0.343 e. The predicted molar refractivity (Wildman–Crippen MR) is 127 cm³/mol. The number of benzene rings is 1. The highest BCUT2D eigenvalue weighted by Gasteiger charge is 2.62. The van der Waals surface area contributed by atoms with Gasteiger partial charge in [-0.3, -0.25) is 9.13 Å². The fourth-order valence-corrected chi connectivity index (χ4v) is 21.3. The van der Waals surface area contributed by atoms with Crippen molar-refractivity contribution in [3.8, 4) is 0 Å². The molecule has 1 aliphatic rings. The fraction of sp³-hybridized carbons (Fsp3) is 0.714. The van der Waals surface area contributed by atoms with Crippen molar-refractivity contribution in [3.63, 3.8) is 0 Å². The molecule has 1 saturated heterocycles. The van der Waals surface area contributed by atoms with Crippen LogP contribution in [-0.4, -0.2) is 49.9 Å². The van der Waals surface area contributed by atoms with Crippen LogP contribution in [0.5, 0.6) is 0 Å². The van der Waals surface area contributed by atoms with Gasteiger partial charge in [-0.05, 0) is 47.1 Å². The zero-order valence-corrected chi connectivity index (χ0v) is 22.8. The summed E-state index contributed by atoms with van der Waals surface area (Å²) in [4.78, 5) is 0. The molecule has 1 heterocycles. The summed E-state index contributed by atoms with van der Waals surface area (Å²) in [6, 6.07) is 11.1. The normalized spacial score (nSPS) is 19.6. The lowest BCUT2D eigenvalue weighted by molar-refractivity contribution is -0.0428. The van der Waals surface area contributed by atoms with Crippen LogP contribution in [0.3, 0.4) is 0 Å².